The summed E-state index contributed by atoms with van der Waals surface area (Å²) < 4.78 is 22.8. The Hall–Kier alpha value is -15.1. The van der Waals surface area contributed by atoms with Gasteiger partial charge in [-0.1, -0.05) is 374 Å². The minimum Gasteiger partial charge on any atom is -0.504 e. The molecule has 13 aromatic carbocycles. The third-order valence-corrected chi connectivity index (χ3v) is 20.5. The lowest BCUT2D eigenvalue weighted by atomic mass is 9.77. The van der Waals surface area contributed by atoms with Crippen LogP contribution in [-0.2, 0) is 29.6 Å². The van der Waals surface area contributed by atoms with E-state index in [0.717, 1.165) is 106 Å². The molecule has 15 heteroatoms. The number of halogens is 1. The van der Waals surface area contributed by atoms with Crippen LogP contribution in [0.3, 0.4) is 0 Å². The van der Waals surface area contributed by atoms with E-state index in [0.29, 0.717) is 42.2 Å². The fraction of sp³-hybridized carbons (Fsp3) is 0.0667. The topological polar surface area (TPSA) is 205 Å². The first-order valence-corrected chi connectivity index (χ1v) is 40.2. The molecule has 17 aromatic rings. The van der Waals surface area contributed by atoms with E-state index in [1.54, 1.807) is 44.9 Å². The maximum Gasteiger partial charge on any atom is 0.170 e. The standard InChI is InChI=1S/C38H32N2O2.C30H24N2O.C18H16N2O.C11H10N2O.C8H9BrO.H2/c1-41-35-24-14-15-29(25-35)28-42-36-26-31(30-16-6-2-7-17-30)27-39-37(36)40-38(32-18-8-3-9-19-32,33-20-10-4-11-21-33)34-22-12-5-13-23-34;33-28-21-24(23-13-5-1-6-14-23)22-31-29(28)32-30(25-15-7-2-8-16-25,26-17-9-3-10-18-26)27-19-11-4-12-20-27;19-18-17(21-13-14-7-3-1-4-8-14)11-16(12-20-18)15-9-5-2-6-10-15;12-11-10(14)6-9(7-13-11)8-4-2-1-3-5-8;1-10-8-4-2-3-7(5-8)6-9;/h2-27H,28H2,1H3,(H,39,40);1-22,33H,(H,31,32);1-12H,13H2,(H2,19,20);1-7,14H,(H2,12,13);2-5H,6H2,1H3;1H. The summed E-state index contributed by atoms with van der Waals surface area (Å²) in [5, 5.41) is 28.8. The molecule has 0 aliphatic carbocycles. The molecule has 4 aromatic heterocycles. The lowest BCUT2D eigenvalue weighted by Gasteiger charge is -2.37. The number of nitrogens with zero attached hydrogens (tertiary/aromatic N) is 4. The normalized spacial score (nSPS) is 10.7. The molecule has 0 radical (unpaired) electrons. The Labute approximate surface area is 711 Å². The summed E-state index contributed by atoms with van der Waals surface area (Å²) in [6, 6.07) is 136. The molecule has 0 aliphatic heterocycles. The molecule has 0 unspecified atom stereocenters. The summed E-state index contributed by atoms with van der Waals surface area (Å²) in [5.41, 5.74) is 27.5. The van der Waals surface area contributed by atoms with Gasteiger partial charge in [-0.3, -0.25) is 0 Å². The van der Waals surface area contributed by atoms with E-state index in [1.165, 1.54) is 5.56 Å². The molecule has 0 atom stereocenters. The Morgan fingerprint density at radius 2 is 0.575 bits per heavy atom. The van der Waals surface area contributed by atoms with E-state index in [2.05, 4.69) is 175 Å². The maximum absolute atomic E-state index is 11.0. The van der Waals surface area contributed by atoms with Crippen LogP contribution in [0, 0.1) is 0 Å². The second kappa shape index (κ2) is 42.0. The van der Waals surface area contributed by atoms with Crippen LogP contribution in [0.15, 0.2) is 431 Å². The SMILES string of the molecule is COc1cccc(CBr)c1.COc1cccc(COc2cc(-c3ccccc3)cnc2NC(c2ccccc2)(c2ccccc2)c2ccccc2)c1.Nc1ncc(-c2ccccc2)cc1O.Nc1ncc(-c2ccccc2)cc1OCc1ccccc1.Oc1cc(-c2ccccc2)cnc1NC(c1ccccc1)(c1ccccc1)c1ccccc1.[HH]. The number of hydrogen-bond acceptors (Lipinski definition) is 14. The van der Waals surface area contributed by atoms with E-state index < -0.39 is 11.1 Å². The summed E-state index contributed by atoms with van der Waals surface area (Å²) in [6.07, 6.45) is 7.11. The summed E-state index contributed by atoms with van der Waals surface area (Å²) in [5.74, 6) is 4.73. The molecule has 0 spiro atoms. The molecule has 120 heavy (non-hydrogen) atoms. The van der Waals surface area contributed by atoms with Crippen molar-refractivity contribution in [2.24, 2.45) is 0 Å². The van der Waals surface area contributed by atoms with Crippen LogP contribution in [0.4, 0.5) is 23.3 Å². The molecular formula is C105H93BrN8O6. The van der Waals surface area contributed by atoms with Gasteiger partial charge in [0.05, 0.1) is 14.2 Å². The first-order chi connectivity index (χ1) is 59.0. The predicted molar refractivity (Wildman–Crippen MR) is 492 cm³/mol. The van der Waals surface area contributed by atoms with E-state index >= 15 is 0 Å². The van der Waals surface area contributed by atoms with Gasteiger partial charge in [0.2, 0.25) is 0 Å². The van der Waals surface area contributed by atoms with Crippen LogP contribution in [-0.4, -0.2) is 44.4 Å². The van der Waals surface area contributed by atoms with Crippen molar-refractivity contribution in [3.63, 3.8) is 0 Å². The number of anilines is 4. The van der Waals surface area contributed by atoms with Gasteiger partial charge in [-0.25, -0.2) is 19.9 Å². The smallest absolute Gasteiger partial charge is 0.170 e. The Morgan fingerprint density at radius 1 is 0.292 bits per heavy atom. The lowest BCUT2D eigenvalue weighted by molar-refractivity contribution is 0.305. The van der Waals surface area contributed by atoms with Gasteiger partial charge in [0.15, 0.2) is 46.3 Å². The minimum absolute atomic E-state index is 0. The summed E-state index contributed by atoms with van der Waals surface area (Å²) in [7, 11) is 3.35. The van der Waals surface area contributed by atoms with Gasteiger partial charge in [0.25, 0.3) is 0 Å². The number of pyridine rings is 4. The van der Waals surface area contributed by atoms with E-state index in [4.69, 9.17) is 35.4 Å². The second-order valence-corrected chi connectivity index (χ2v) is 28.3. The molecule has 0 fully saturated rings. The summed E-state index contributed by atoms with van der Waals surface area (Å²) in [4.78, 5) is 17.8. The fourth-order valence-electron chi connectivity index (χ4n) is 13.7. The molecular weight excluding hydrogens is 1550 g/mol. The zero-order valence-electron chi connectivity index (χ0n) is 66.5. The number of nitrogen functional groups attached to an aromatic ring is 2. The van der Waals surface area contributed by atoms with Crippen molar-refractivity contribution < 1.29 is 30.6 Å². The molecule has 596 valence electrons. The Kier molecular flexibility index (Phi) is 29.0. The third-order valence-electron chi connectivity index (χ3n) is 19.8. The van der Waals surface area contributed by atoms with E-state index in [9.17, 15) is 10.2 Å². The molecule has 0 amide bonds. The van der Waals surface area contributed by atoms with Crippen LogP contribution in [0.25, 0.3) is 44.5 Å². The van der Waals surface area contributed by atoms with Crippen molar-refractivity contribution in [1.29, 1.82) is 0 Å². The zero-order valence-corrected chi connectivity index (χ0v) is 68.0. The molecule has 0 saturated carbocycles. The Bertz CT molecular complexity index is 5770. The number of rotatable bonds is 23. The number of nitrogens with one attached hydrogen (secondary N) is 2. The van der Waals surface area contributed by atoms with Crippen LogP contribution in [0.1, 0.15) is 51.5 Å². The van der Waals surface area contributed by atoms with Gasteiger partial charge in [0, 0.05) is 53.8 Å². The van der Waals surface area contributed by atoms with Crippen LogP contribution in [0.2, 0.25) is 0 Å². The highest BCUT2D eigenvalue weighted by atomic mass is 79.9. The monoisotopic (exact) mass is 1640 g/mol. The van der Waals surface area contributed by atoms with Gasteiger partial charge in [-0.15, -0.1) is 0 Å². The number of benzene rings is 13. The molecule has 14 nitrogen and oxygen atoms in total. The highest BCUT2D eigenvalue weighted by Crippen LogP contribution is 2.45. The minimum atomic E-state index is -0.747. The number of ether oxygens (including phenoxy) is 4. The average molecular weight is 1640 g/mol. The number of alkyl halides is 1. The molecule has 0 aliphatic rings. The number of nitrogens with two attached hydrogens (primary N) is 2. The molecule has 17 rings (SSSR count). The second-order valence-electron chi connectivity index (χ2n) is 27.7. The number of methoxy groups -OCH3 is 2. The van der Waals surface area contributed by atoms with Crippen molar-refractivity contribution in [2.45, 2.75) is 29.6 Å². The summed E-state index contributed by atoms with van der Waals surface area (Å²) in [6.45, 7) is 0.839. The number of aromatic hydroxyl groups is 2. The van der Waals surface area contributed by atoms with Crippen LogP contribution >= 0.6 is 15.9 Å². The van der Waals surface area contributed by atoms with Gasteiger partial charge in [-0.05, 0) is 121 Å². The van der Waals surface area contributed by atoms with E-state index in [1.807, 2.05) is 267 Å². The quantitative estimate of drug-likeness (QED) is 0.0261. The first-order valence-electron chi connectivity index (χ1n) is 39.1. The highest BCUT2D eigenvalue weighted by molar-refractivity contribution is 9.08. The molecule has 0 saturated heterocycles. The van der Waals surface area contributed by atoms with Crippen LogP contribution < -0.4 is 41.0 Å². The van der Waals surface area contributed by atoms with Gasteiger partial charge in [-0.2, -0.15) is 0 Å². The van der Waals surface area contributed by atoms with Gasteiger partial charge >= 0.3 is 0 Å². The van der Waals surface area contributed by atoms with Crippen molar-refractivity contribution in [2.75, 3.05) is 36.3 Å². The fourth-order valence-corrected chi connectivity index (χ4v) is 14.1. The third kappa shape index (κ3) is 21.5. The lowest BCUT2D eigenvalue weighted by Crippen LogP contribution is -2.38. The molecule has 0 bridgehead atoms. The summed E-state index contributed by atoms with van der Waals surface area (Å²) >= 11 is 3.37. The van der Waals surface area contributed by atoms with Crippen molar-refractivity contribution >= 4 is 39.2 Å². The molecule has 4 heterocycles. The van der Waals surface area contributed by atoms with Crippen LogP contribution in [0.5, 0.6) is 34.5 Å². The van der Waals surface area contributed by atoms with E-state index in [-0.39, 0.29) is 18.7 Å². The first kappa shape index (κ1) is 82.9. The van der Waals surface area contributed by atoms with Gasteiger partial charge < -0.3 is 51.3 Å². The maximum atomic E-state index is 11.0. The number of aromatic nitrogens is 4. The highest BCUT2D eigenvalue weighted by Gasteiger charge is 2.39. The number of hydrogen-bond donors (Lipinski definition) is 6. The average Bonchev–Trinajstić information content (AvgIpc) is 0.744. The van der Waals surface area contributed by atoms with Gasteiger partial charge in [0.1, 0.15) is 35.8 Å². The molecule has 8 N–H and O–H groups in total. The predicted octanol–water partition coefficient (Wildman–Crippen LogP) is 24.4. The van der Waals surface area contributed by atoms with Crippen molar-refractivity contribution in [3.8, 4) is 79.0 Å². The Morgan fingerprint density at radius 3 is 0.942 bits per heavy atom. The van der Waals surface area contributed by atoms with Crippen molar-refractivity contribution in [3.05, 3.63) is 481 Å². The Balaban J connectivity index is 0.000000150. The van der Waals surface area contributed by atoms with Crippen molar-refractivity contribution in [1.82, 2.24) is 19.9 Å². The zero-order chi connectivity index (χ0) is 83.0. The largest absolute Gasteiger partial charge is 0.504 e.